The zero-order valence-electron chi connectivity index (χ0n) is 9.49. The van der Waals surface area contributed by atoms with Gasteiger partial charge in [-0.15, -0.1) is 0 Å². The summed E-state index contributed by atoms with van der Waals surface area (Å²) in [5, 5.41) is 0. The molecule has 0 saturated carbocycles. The normalized spacial score (nSPS) is 12.2. The molecule has 0 bridgehead atoms. The molecule has 1 aromatic rings. The SMILES string of the molecule is CCOc1cncc(C(=O)C(C)CC)c1. The molecule has 1 rings (SSSR count). The summed E-state index contributed by atoms with van der Waals surface area (Å²) < 4.78 is 5.30. The predicted molar refractivity (Wildman–Crippen MR) is 59.2 cm³/mol. The van der Waals surface area contributed by atoms with Gasteiger partial charge in [0, 0.05) is 17.7 Å². The van der Waals surface area contributed by atoms with Gasteiger partial charge in [0.2, 0.25) is 0 Å². The molecular weight excluding hydrogens is 190 g/mol. The van der Waals surface area contributed by atoms with E-state index in [9.17, 15) is 4.79 Å². The van der Waals surface area contributed by atoms with Gasteiger partial charge in [-0.3, -0.25) is 9.78 Å². The van der Waals surface area contributed by atoms with Gasteiger partial charge >= 0.3 is 0 Å². The van der Waals surface area contributed by atoms with E-state index in [0.29, 0.717) is 17.9 Å². The topological polar surface area (TPSA) is 39.2 Å². The van der Waals surface area contributed by atoms with Gasteiger partial charge in [0.25, 0.3) is 0 Å². The number of aromatic nitrogens is 1. The van der Waals surface area contributed by atoms with Crippen LogP contribution in [0.25, 0.3) is 0 Å². The highest BCUT2D eigenvalue weighted by Gasteiger charge is 2.13. The molecule has 3 nitrogen and oxygen atoms in total. The zero-order chi connectivity index (χ0) is 11.3. The van der Waals surface area contributed by atoms with Gasteiger partial charge in [-0.1, -0.05) is 13.8 Å². The van der Waals surface area contributed by atoms with Crippen LogP contribution in [0.15, 0.2) is 18.5 Å². The predicted octanol–water partition coefficient (Wildman–Crippen LogP) is 2.71. The molecule has 0 aliphatic heterocycles. The number of hydrogen-bond donors (Lipinski definition) is 0. The first-order chi connectivity index (χ1) is 7.19. The summed E-state index contributed by atoms with van der Waals surface area (Å²) in [4.78, 5) is 15.8. The highest BCUT2D eigenvalue weighted by Crippen LogP contribution is 2.16. The summed E-state index contributed by atoms with van der Waals surface area (Å²) in [5.41, 5.74) is 0.635. The Morgan fingerprint density at radius 1 is 1.47 bits per heavy atom. The number of rotatable bonds is 5. The van der Waals surface area contributed by atoms with Crippen molar-refractivity contribution in [3.8, 4) is 5.75 Å². The van der Waals surface area contributed by atoms with E-state index < -0.39 is 0 Å². The monoisotopic (exact) mass is 207 g/mol. The fourth-order valence-corrected chi connectivity index (χ4v) is 1.27. The number of nitrogens with zero attached hydrogens (tertiary/aromatic N) is 1. The van der Waals surface area contributed by atoms with Crippen molar-refractivity contribution < 1.29 is 9.53 Å². The number of carbonyl (C=O) groups excluding carboxylic acids is 1. The molecule has 15 heavy (non-hydrogen) atoms. The van der Waals surface area contributed by atoms with Crippen LogP contribution in [0.1, 0.15) is 37.6 Å². The lowest BCUT2D eigenvalue weighted by molar-refractivity contribution is 0.0926. The Morgan fingerprint density at radius 2 is 2.20 bits per heavy atom. The van der Waals surface area contributed by atoms with Crippen molar-refractivity contribution in [3.05, 3.63) is 24.0 Å². The fraction of sp³-hybridized carbons (Fsp3) is 0.500. The number of pyridine rings is 1. The Balaban J connectivity index is 2.85. The van der Waals surface area contributed by atoms with E-state index in [1.807, 2.05) is 20.8 Å². The van der Waals surface area contributed by atoms with Crippen LogP contribution in [0.5, 0.6) is 5.75 Å². The number of ether oxygens (including phenoxy) is 1. The van der Waals surface area contributed by atoms with Crippen LogP contribution in [0.2, 0.25) is 0 Å². The van der Waals surface area contributed by atoms with Crippen LogP contribution in [-0.2, 0) is 0 Å². The average molecular weight is 207 g/mol. The van der Waals surface area contributed by atoms with Gasteiger partial charge in [0.1, 0.15) is 5.75 Å². The Bertz CT molecular complexity index is 336. The number of ketones is 1. The third-order valence-corrected chi connectivity index (χ3v) is 2.37. The summed E-state index contributed by atoms with van der Waals surface area (Å²) in [5.74, 6) is 0.835. The molecule has 0 aliphatic carbocycles. The lowest BCUT2D eigenvalue weighted by atomic mass is 9.98. The largest absolute Gasteiger partial charge is 0.492 e. The molecule has 0 fully saturated rings. The standard InChI is InChI=1S/C12H17NO2/c1-4-9(3)12(14)10-6-11(15-5-2)8-13-7-10/h6-9H,4-5H2,1-3H3. The molecule has 0 N–H and O–H groups in total. The lowest BCUT2D eigenvalue weighted by Gasteiger charge is -2.08. The van der Waals surface area contributed by atoms with Crippen LogP contribution < -0.4 is 4.74 Å². The molecule has 0 aliphatic rings. The van der Waals surface area contributed by atoms with Crippen LogP contribution in [0.3, 0.4) is 0 Å². The van der Waals surface area contributed by atoms with E-state index in [1.54, 1.807) is 18.5 Å². The van der Waals surface area contributed by atoms with Crippen molar-refractivity contribution in [1.82, 2.24) is 4.98 Å². The van der Waals surface area contributed by atoms with Gasteiger partial charge in [-0.05, 0) is 19.4 Å². The molecule has 0 amide bonds. The number of Topliss-reactive ketones (excluding diaryl/α,β-unsaturated/α-hetero) is 1. The molecule has 1 aromatic heterocycles. The van der Waals surface area contributed by atoms with Crippen molar-refractivity contribution >= 4 is 5.78 Å². The second kappa shape index (κ2) is 5.49. The first kappa shape index (κ1) is 11.7. The third-order valence-electron chi connectivity index (χ3n) is 2.37. The smallest absolute Gasteiger partial charge is 0.167 e. The first-order valence-corrected chi connectivity index (χ1v) is 5.31. The highest BCUT2D eigenvalue weighted by molar-refractivity contribution is 5.97. The van der Waals surface area contributed by atoms with E-state index >= 15 is 0 Å². The molecule has 1 unspecified atom stereocenters. The van der Waals surface area contributed by atoms with Gasteiger partial charge in [-0.25, -0.2) is 0 Å². The Hall–Kier alpha value is -1.38. The van der Waals surface area contributed by atoms with Gasteiger partial charge in [-0.2, -0.15) is 0 Å². The van der Waals surface area contributed by atoms with E-state index in [0.717, 1.165) is 6.42 Å². The maximum Gasteiger partial charge on any atom is 0.167 e. The zero-order valence-corrected chi connectivity index (χ0v) is 9.49. The second-order valence-corrected chi connectivity index (χ2v) is 3.52. The first-order valence-electron chi connectivity index (χ1n) is 5.31. The Kier molecular flexibility index (Phi) is 4.28. The minimum atomic E-state index is 0.0451. The number of carbonyl (C=O) groups is 1. The summed E-state index contributed by atoms with van der Waals surface area (Å²) in [7, 11) is 0. The van der Waals surface area contributed by atoms with E-state index in [4.69, 9.17) is 4.74 Å². The molecule has 0 spiro atoms. The molecule has 3 heteroatoms. The minimum Gasteiger partial charge on any atom is -0.492 e. The molecule has 0 radical (unpaired) electrons. The molecule has 1 atom stereocenters. The lowest BCUT2D eigenvalue weighted by Crippen LogP contribution is -2.10. The van der Waals surface area contributed by atoms with Gasteiger partial charge in [0.05, 0.1) is 12.8 Å². The second-order valence-electron chi connectivity index (χ2n) is 3.52. The molecule has 0 aromatic carbocycles. The quantitative estimate of drug-likeness (QED) is 0.697. The van der Waals surface area contributed by atoms with Crippen molar-refractivity contribution in [1.29, 1.82) is 0 Å². The Labute approximate surface area is 90.5 Å². The maximum atomic E-state index is 11.8. The summed E-state index contributed by atoms with van der Waals surface area (Å²) in [6.07, 6.45) is 4.06. The van der Waals surface area contributed by atoms with Crippen LogP contribution in [0, 0.1) is 5.92 Å². The molecule has 82 valence electrons. The average Bonchev–Trinajstić information content (AvgIpc) is 2.28. The summed E-state index contributed by atoms with van der Waals surface area (Å²) in [6, 6.07) is 1.75. The van der Waals surface area contributed by atoms with Crippen LogP contribution in [-0.4, -0.2) is 17.4 Å². The number of hydrogen-bond acceptors (Lipinski definition) is 3. The van der Waals surface area contributed by atoms with Crippen molar-refractivity contribution in [2.45, 2.75) is 27.2 Å². The van der Waals surface area contributed by atoms with Crippen LogP contribution >= 0.6 is 0 Å². The molecule has 0 saturated heterocycles. The van der Waals surface area contributed by atoms with Gasteiger partial charge in [0.15, 0.2) is 5.78 Å². The van der Waals surface area contributed by atoms with Crippen molar-refractivity contribution in [2.75, 3.05) is 6.61 Å². The fourth-order valence-electron chi connectivity index (χ4n) is 1.27. The van der Waals surface area contributed by atoms with Gasteiger partial charge < -0.3 is 4.74 Å². The van der Waals surface area contributed by atoms with E-state index in [1.165, 1.54) is 0 Å². The van der Waals surface area contributed by atoms with Crippen LogP contribution in [0.4, 0.5) is 0 Å². The van der Waals surface area contributed by atoms with Crippen molar-refractivity contribution in [2.24, 2.45) is 5.92 Å². The third kappa shape index (κ3) is 3.05. The van der Waals surface area contributed by atoms with E-state index in [-0.39, 0.29) is 11.7 Å². The van der Waals surface area contributed by atoms with Crippen molar-refractivity contribution in [3.63, 3.8) is 0 Å². The molecular formula is C12H17NO2. The summed E-state index contributed by atoms with van der Waals surface area (Å²) >= 11 is 0. The minimum absolute atomic E-state index is 0.0451. The van der Waals surface area contributed by atoms with E-state index in [2.05, 4.69) is 4.98 Å². The molecule has 1 heterocycles. The Morgan fingerprint density at radius 3 is 2.80 bits per heavy atom. The highest BCUT2D eigenvalue weighted by atomic mass is 16.5. The summed E-state index contributed by atoms with van der Waals surface area (Å²) in [6.45, 7) is 6.42. The maximum absolute atomic E-state index is 11.8.